The first-order valence-corrected chi connectivity index (χ1v) is 8.46. The Morgan fingerprint density at radius 1 is 1.04 bits per heavy atom. The molecule has 1 aliphatic rings. The zero-order valence-electron chi connectivity index (χ0n) is 14.0. The highest BCUT2D eigenvalue weighted by Gasteiger charge is 2.24. The molecule has 1 heterocycles. The molecule has 2 aromatic rings. The summed E-state index contributed by atoms with van der Waals surface area (Å²) in [6.07, 6.45) is 1.00. The van der Waals surface area contributed by atoms with Crippen molar-refractivity contribution in [2.75, 3.05) is 31.1 Å². The number of piperazine rings is 1. The summed E-state index contributed by atoms with van der Waals surface area (Å²) >= 11 is 0. The van der Waals surface area contributed by atoms with E-state index in [2.05, 4.69) is 22.8 Å². The van der Waals surface area contributed by atoms with Crippen LogP contribution in [0.1, 0.15) is 30.5 Å². The third-order valence-electron chi connectivity index (χ3n) is 4.76. The highest BCUT2D eigenvalue weighted by molar-refractivity contribution is 5.59. The lowest BCUT2D eigenvalue weighted by molar-refractivity contribution is 0.181. The van der Waals surface area contributed by atoms with Gasteiger partial charge in [-0.05, 0) is 36.2 Å². The standard InChI is InChI=1S/C20H22FN3/c1-2-19(16-7-9-18(21)10-8-16)23-11-13-24(14-12-23)20-6-4-3-5-17(20)15-22/h3-10,19H,2,11-14H2,1H3. The Balaban J connectivity index is 1.70. The van der Waals surface area contributed by atoms with E-state index in [0.717, 1.165) is 43.9 Å². The normalized spacial score (nSPS) is 16.6. The van der Waals surface area contributed by atoms with Crippen molar-refractivity contribution >= 4 is 5.69 Å². The molecule has 1 fully saturated rings. The van der Waals surface area contributed by atoms with E-state index in [0.29, 0.717) is 6.04 Å². The predicted molar refractivity (Wildman–Crippen MR) is 94.4 cm³/mol. The highest BCUT2D eigenvalue weighted by atomic mass is 19.1. The summed E-state index contributed by atoms with van der Waals surface area (Å²) in [7, 11) is 0. The molecule has 0 spiro atoms. The van der Waals surface area contributed by atoms with Crippen molar-refractivity contribution in [1.82, 2.24) is 4.90 Å². The van der Waals surface area contributed by atoms with Crippen LogP contribution in [0.4, 0.5) is 10.1 Å². The fraction of sp³-hybridized carbons (Fsp3) is 0.350. The number of para-hydroxylation sites is 1. The molecule has 0 radical (unpaired) electrons. The summed E-state index contributed by atoms with van der Waals surface area (Å²) in [5.74, 6) is -0.188. The Hall–Kier alpha value is -2.38. The molecule has 0 amide bonds. The predicted octanol–water partition coefficient (Wildman–Crippen LogP) is 3.97. The molecule has 2 aromatic carbocycles. The number of nitriles is 1. The van der Waals surface area contributed by atoms with Gasteiger partial charge in [-0.2, -0.15) is 5.26 Å². The van der Waals surface area contributed by atoms with Gasteiger partial charge in [0.05, 0.1) is 11.3 Å². The van der Waals surface area contributed by atoms with Gasteiger partial charge in [0.25, 0.3) is 0 Å². The van der Waals surface area contributed by atoms with Crippen LogP contribution in [0.15, 0.2) is 48.5 Å². The van der Waals surface area contributed by atoms with E-state index in [4.69, 9.17) is 0 Å². The molecule has 3 nitrogen and oxygen atoms in total. The second kappa shape index (κ2) is 7.46. The number of nitrogens with zero attached hydrogens (tertiary/aromatic N) is 3. The maximum atomic E-state index is 13.2. The van der Waals surface area contributed by atoms with Gasteiger partial charge in [-0.25, -0.2) is 4.39 Å². The maximum absolute atomic E-state index is 13.2. The van der Waals surface area contributed by atoms with Crippen LogP contribution in [-0.4, -0.2) is 31.1 Å². The molecule has 3 rings (SSSR count). The average Bonchev–Trinajstić information content (AvgIpc) is 2.64. The summed E-state index contributed by atoms with van der Waals surface area (Å²) in [6.45, 7) is 5.85. The van der Waals surface area contributed by atoms with Gasteiger partial charge < -0.3 is 4.90 Å². The first-order valence-electron chi connectivity index (χ1n) is 8.46. The molecule has 124 valence electrons. The van der Waals surface area contributed by atoms with Crippen molar-refractivity contribution < 1.29 is 4.39 Å². The lowest BCUT2D eigenvalue weighted by Crippen LogP contribution is -2.47. The van der Waals surface area contributed by atoms with Gasteiger partial charge in [0.2, 0.25) is 0 Å². The van der Waals surface area contributed by atoms with Crippen LogP contribution in [0.25, 0.3) is 0 Å². The Kier molecular flexibility index (Phi) is 5.12. The fourth-order valence-corrected chi connectivity index (χ4v) is 3.51. The number of anilines is 1. The van der Waals surface area contributed by atoms with E-state index >= 15 is 0 Å². The van der Waals surface area contributed by atoms with Gasteiger partial charge in [0.1, 0.15) is 11.9 Å². The topological polar surface area (TPSA) is 30.3 Å². The van der Waals surface area contributed by atoms with Gasteiger partial charge in [-0.3, -0.25) is 4.90 Å². The minimum Gasteiger partial charge on any atom is -0.368 e. The van der Waals surface area contributed by atoms with Crippen molar-refractivity contribution in [3.63, 3.8) is 0 Å². The number of rotatable bonds is 4. The van der Waals surface area contributed by atoms with E-state index in [1.807, 2.05) is 36.4 Å². The lowest BCUT2D eigenvalue weighted by Gasteiger charge is -2.40. The van der Waals surface area contributed by atoms with Crippen LogP contribution in [0, 0.1) is 17.1 Å². The van der Waals surface area contributed by atoms with Crippen molar-refractivity contribution in [3.05, 3.63) is 65.5 Å². The Bertz CT molecular complexity index is 712. The number of benzene rings is 2. The molecule has 24 heavy (non-hydrogen) atoms. The summed E-state index contributed by atoms with van der Waals surface area (Å²) in [4.78, 5) is 4.74. The minimum atomic E-state index is -0.188. The molecule has 0 N–H and O–H groups in total. The maximum Gasteiger partial charge on any atom is 0.123 e. The van der Waals surface area contributed by atoms with Crippen LogP contribution in [0.5, 0.6) is 0 Å². The van der Waals surface area contributed by atoms with Gasteiger partial charge in [-0.1, -0.05) is 31.2 Å². The van der Waals surface area contributed by atoms with E-state index in [1.54, 1.807) is 0 Å². The third kappa shape index (κ3) is 3.42. The molecule has 1 atom stereocenters. The van der Waals surface area contributed by atoms with Gasteiger partial charge in [-0.15, -0.1) is 0 Å². The van der Waals surface area contributed by atoms with Crippen LogP contribution >= 0.6 is 0 Å². The van der Waals surface area contributed by atoms with E-state index in [-0.39, 0.29) is 5.82 Å². The number of hydrogen-bond donors (Lipinski definition) is 0. The van der Waals surface area contributed by atoms with Crippen molar-refractivity contribution in [3.8, 4) is 6.07 Å². The number of hydrogen-bond acceptors (Lipinski definition) is 3. The fourth-order valence-electron chi connectivity index (χ4n) is 3.51. The van der Waals surface area contributed by atoms with Crippen molar-refractivity contribution in [1.29, 1.82) is 5.26 Å². The molecule has 0 aliphatic carbocycles. The summed E-state index contributed by atoms with van der Waals surface area (Å²) < 4.78 is 13.2. The first-order chi connectivity index (χ1) is 11.7. The third-order valence-corrected chi connectivity index (χ3v) is 4.76. The molecule has 0 bridgehead atoms. The van der Waals surface area contributed by atoms with Gasteiger partial charge >= 0.3 is 0 Å². The second-order valence-electron chi connectivity index (χ2n) is 6.13. The molecular formula is C20H22FN3. The molecule has 1 saturated heterocycles. The van der Waals surface area contributed by atoms with E-state index < -0.39 is 0 Å². The van der Waals surface area contributed by atoms with Crippen LogP contribution in [0.3, 0.4) is 0 Å². The van der Waals surface area contributed by atoms with Gasteiger partial charge in [0.15, 0.2) is 0 Å². The zero-order chi connectivity index (χ0) is 16.9. The number of halogens is 1. The Morgan fingerprint density at radius 3 is 2.33 bits per heavy atom. The van der Waals surface area contributed by atoms with Crippen molar-refractivity contribution in [2.45, 2.75) is 19.4 Å². The second-order valence-corrected chi connectivity index (χ2v) is 6.13. The molecule has 0 aromatic heterocycles. The summed E-state index contributed by atoms with van der Waals surface area (Å²) in [5, 5.41) is 9.28. The quantitative estimate of drug-likeness (QED) is 0.853. The monoisotopic (exact) mass is 323 g/mol. The zero-order valence-corrected chi connectivity index (χ0v) is 14.0. The van der Waals surface area contributed by atoms with E-state index in [9.17, 15) is 9.65 Å². The Morgan fingerprint density at radius 2 is 1.71 bits per heavy atom. The smallest absolute Gasteiger partial charge is 0.123 e. The summed E-state index contributed by atoms with van der Waals surface area (Å²) in [5.41, 5.74) is 2.93. The molecule has 4 heteroatoms. The molecule has 1 unspecified atom stereocenters. The Labute approximate surface area is 142 Å². The van der Waals surface area contributed by atoms with Crippen LogP contribution in [-0.2, 0) is 0 Å². The largest absolute Gasteiger partial charge is 0.368 e. The molecular weight excluding hydrogens is 301 g/mol. The SMILES string of the molecule is CCC(c1ccc(F)cc1)N1CCN(c2ccccc2C#N)CC1. The van der Waals surface area contributed by atoms with Crippen molar-refractivity contribution in [2.24, 2.45) is 0 Å². The molecule has 0 saturated carbocycles. The average molecular weight is 323 g/mol. The first kappa shape index (κ1) is 16.5. The van der Waals surface area contributed by atoms with Gasteiger partial charge in [0, 0.05) is 32.2 Å². The summed E-state index contributed by atoms with van der Waals surface area (Å²) in [6, 6.07) is 17.2. The lowest BCUT2D eigenvalue weighted by atomic mass is 10.0. The molecule has 1 aliphatic heterocycles. The van der Waals surface area contributed by atoms with Crippen LogP contribution < -0.4 is 4.90 Å². The highest BCUT2D eigenvalue weighted by Crippen LogP contribution is 2.28. The minimum absolute atomic E-state index is 0.188. The van der Waals surface area contributed by atoms with Crippen LogP contribution in [0.2, 0.25) is 0 Å². The van der Waals surface area contributed by atoms with E-state index in [1.165, 1.54) is 17.7 Å².